The van der Waals surface area contributed by atoms with Gasteiger partial charge in [0, 0.05) is 22.8 Å². The van der Waals surface area contributed by atoms with E-state index in [0.717, 1.165) is 0 Å². The van der Waals surface area contributed by atoms with Crippen molar-refractivity contribution >= 4 is 56.6 Å². The van der Waals surface area contributed by atoms with Crippen LogP contribution in [0.2, 0.25) is 5.02 Å². The Labute approximate surface area is 175 Å². The first-order valence-electron chi connectivity index (χ1n) is 8.34. The van der Waals surface area contributed by atoms with Crippen LogP contribution in [0.3, 0.4) is 0 Å². The minimum atomic E-state index is -3.56. The molecule has 1 amide bonds. The summed E-state index contributed by atoms with van der Waals surface area (Å²) in [6, 6.07) is 13.0. The number of thiocarbonyl (C=S) groups is 1. The van der Waals surface area contributed by atoms with Gasteiger partial charge >= 0.3 is 0 Å². The molecule has 0 atom stereocenters. The molecule has 0 aliphatic rings. The molecule has 2 aromatic carbocycles. The summed E-state index contributed by atoms with van der Waals surface area (Å²) in [7, 11) is -3.56. The first kappa shape index (κ1) is 22.0. The molecule has 0 heterocycles. The highest BCUT2D eigenvalue weighted by Crippen LogP contribution is 2.16. The molecule has 0 aromatic heterocycles. The van der Waals surface area contributed by atoms with Crippen LogP contribution in [-0.2, 0) is 14.8 Å². The van der Waals surface area contributed by atoms with Crippen LogP contribution in [0.5, 0.6) is 0 Å². The lowest BCUT2D eigenvalue weighted by Crippen LogP contribution is -2.33. The first-order chi connectivity index (χ1) is 13.2. The highest BCUT2D eigenvalue weighted by molar-refractivity contribution is 7.89. The van der Waals surface area contributed by atoms with Gasteiger partial charge in [0.15, 0.2) is 5.11 Å². The summed E-state index contributed by atoms with van der Waals surface area (Å²) >= 11 is 11.1. The van der Waals surface area contributed by atoms with Gasteiger partial charge in [-0.05, 0) is 68.0 Å². The number of hydrogen-bond acceptors (Lipinski definition) is 4. The number of rotatable bonds is 6. The lowest BCUT2D eigenvalue weighted by Gasteiger charge is -2.11. The number of carbonyl (C=O) groups is 1. The topological polar surface area (TPSA) is 87.3 Å². The largest absolute Gasteiger partial charge is 0.332 e. The summed E-state index contributed by atoms with van der Waals surface area (Å²) in [6.45, 7) is 3.49. The molecule has 148 valence electrons. The summed E-state index contributed by atoms with van der Waals surface area (Å²) in [6.07, 6.45) is 2.91. The maximum atomic E-state index is 12.1. The van der Waals surface area contributed by atoms with E-state index in [9.17, 15) is 13.2 Å². The summed E-state index contributed by atoms with van der Waals surface area (Å²) in [5.41, 5.74) is 1.26. The molecule has 0 radical (unpaired) electrons. The normalized spacial score (nSPS) is 11.6. The molecule has 0 aliphatic carbocycles. The lowest BCUT2D eigenvalue weighted by atomic mass is 10.2. The number of anilines is 1. The van der Waals surface area contributed by atoms with Crippen molar-refractivity contribution in [1.29, 1.82) is 0 Å². The Balaban J connectivity index is 1.94. The number of nitrogens with one attached hydrogen (secondary N) is 3. The fourth-order valence-electron chi connectivity index (χ4n) is 2.19. The van der Waals surface area contributed by atoms with E-state index in [0.29, 0.717) is 16.3 Å². The predicted molar refractivity (Wildman–Crippen MR) is 117 cm³/mol. The van der Waals surface area contributed by atoms with Crippen molar-refractivity contribution in [3.8, 4) is 0 Å². The molecule has 2 aromatic rings. The molecular formula is C19H20ClN3O3S2. The van der Waals surface area contributed by atoms with Gasteiger partial charge in [0.2, 0.25) is 15.9 Å². The zero-order chi connectivity index (χ0) is 20.7. The van der Waals surface area contributed by atoms with Crippen LogP contribution in [-0.4, -0.2) is 25.5 Å². The number of hydrogen-bond donors (Lipinski definition) is 3. The second-order valence-electron chi connectivity index (χ2n) is 6.10. The van der Waals surface area contributed by atoms with E-state index >= 15 is 0 Å². The molecule has 0 bridgehead atoms. The number of benzene rings is 2. The third kappa shape index (κ3) is 6.72. The van der Waals surface area contributed by atoms with E-state index in [1.807, 2.05) is 6.07 Å². The molecule has 0 fully saturated rings. The smallest absolute Gasteiger partial charge is 0.250 e. The van der Waals surface area contributed by atoms with Gasteiger partial charge in [-0.2, -0.15) is 0 Å². The van der Waals surface area contributed by atoms with Crippen LogP contribution >= 0.6 is 23.8 Å². The summed E-state index contributed by atoms with van der Waals surface area (Å²) in [5, 5.41) is 5.96. The van der Waals surface area contributed by atoms with Crippen LogP contribution in [0.15, 0.2) is 59.5 Å². The fourth-order valence-corrected chi connectivity index (χ4v) is 3.86. The second-order valence-corrected chi connectivity index (χ2v) is 8.63. The Morgan fingerprint density at radius 1 is 1.11 bits per heavy atom. The third-order valence-corrected chi connectivity index (χ3v) is 5.59. The van der Waals surface area contributed by atoms with Crippen LogP contribution in [0.1, 0.15) is 19.4 Å². The van der Waals surface area contributed by atoms with Crippen molar-refractivity contribution in [3.63, 3.8) is 0 Å². The maximum Gasteiger partial charge on any atom is 0.250 e. The number of carbonyl (C=O) groups excluding carboxylic acids is 1. The van der Waals surface area contributed by atoms with Gasteiger partial charge in [0.25, 0.3) is 0 Å². The highest BCUT2D eigenvalue weighted by Gasteiger charge is 2.15. The predicted octanol–water partition coefficient (Wildman–Crippen LogP) is 3.55. The minimum absolute atomic E-state index is 0.0877. The summed E-state index contributed by atoms with van der Waals surface area (Å²) in [4.78, 5) is 12.1. The Hall–Kier alpha value is -2.26. The average molecular weight is 438 g/mol. The molecule has 6 nitrogen and oxygen atoms in total. The van der Waals surface area contributed by atoms with Crippen LogP contribution in [0.25, 0.3) is 6.08 Å². The Morgan fingerprint density at radius 2 is 1.75 bits per heavy atom. The number of sulfonamides is 1. The van der Waals surface area contributed by atoms with Crippen LogP contribution in [0, 0.1) is 0 Å². The Kier molecular flexibility index (Phi) is 7.70. The molecule has 0 saturated carbocycles. The molecule has 0 unspecified atom stereocenters. The van der Waals surface area contributed by atoms with Crippen molar-refractivity contribution in [2.75, 3.05) is 5.32 Å². The average Bonchev–Trinajstić information content (AvgIpc) is 2.60. The van der Waals surface area contributed by atoms with E-state index in [1.165, 1.54) is 18.2 Å². The molecule has 28 heavy (non-hydrogen) atoms. The Bertz CT molecular complexity index is 988. The van der Waals surface area contributed by atoms with Gasteiger partial charge in [0.05, 0.1) is 4.90 Å². The molecule has 0 saturated heterocycles. The van der Waals surface area contributed by atoms with Crippen LogP contribution in [0.4, 0.5) is 5.69 Å². The Morgan fingerprint density at radius 3 is 2.36 bits per heavy atom. The van der Waals surface area contributed by atoms with Gasteiger partial charge < -0.3 is 5.32 Å². The van der Waals surface area contributed by atoms with Gasteiger partial charge in [-0.25, -0.2) is 13.1 Å². The van der Waals surface area contributed by atoms with E-state index < -0.39 is 15.9 Å². The molecule has 9 heteroatoms. The SMILES string of the molecule is CC(C)NS(=O)(=O)c1ccc(NC(=S)NC(=O)/C=C/c2ccccc2Cl)cc1. The van der Waals surface area contributed by atoms with Gasteiger partial charge in [-0.1, -0.05) is 29.8 Å². The van der Waals surface area contributed by atoms with Crippen molar-refractivity contribution in [2.45, 2.75) is 24.8 Å². The summed E-state index contributed by atoms with van der Waals surface area (Å²) < 4.78 is 26.7. The number of amides is 1. The fraction of sp³-hybridized carbons (Fsp3) is 0.158. The number of halogens is 1. The van der Waals surface area contributed by atoms with Crippen molar-refractivity contribution in [2.24, 2.45) is 0 Å². The van der Waals surface area contributed by atoms with Crippen molar-refractivity contribution < 1.29 is 13.2 Å². The monoisotopic (exact) mass is 437 g/mol. The van der Waals surface area contributed by atoms with Crippen molar-refractivity contribution in [3.05, 3.63) is 65.2 Å². The van der Waals surface area contributed by atoms with E-state index in [-0.39, 0.29) is 16.0 Å². The van der Waals surface area contributed by atoms with Gasteiger partial charge in [-0.3, -0.25) is 10.1 Å². The standard InChI is InChI=1S/C19H20ClN3O3S2/c1-13(2)23-28(25,26)16-10-8-15(9-11-16)21-19(27)22-18(24)12-7-14-5-3-4-6-17(14)20/h3-13,23H,1-2H3,(H2,21,22,24,27)/b12-7+. The summed E-state index contributed by atoms with van der Waals surface area (Å²) in [5.74, 6) is -0.419. The first-order valence-corrected chi connectivity index (χ1v) is 10.6. The lowest BCUT2D eigenvalue weighted by molar-refractivity contribution is -0.115. The molecule has 0 aliphatic heterocycles. The van der Waals surface area contributed by atoms with E-state index in [1.54, 1.807) is 50.3 Å². The van der Waals surface area contributed by atoms with E-state index in [2.05, 4.69) is 15.4 Å². The third-order valence-electron chi connectivity index (χ3n) is 3.37. The van der Waals surface area contributed by atoms with Crippen LogP contribution < -0.4 is 15.4 Å². The van der Waals surface area contributed by atoms with Crippen molar-refractivity contribution in [1.82, 2.24) is 10.0 Å². The molecule has 3 N–H and O–H groups in total. The second kappa shape index (κ2) is 9.79. The molecular weight excluding hydrogens is 418 g/mol. The molecule has 2 rings (SSSR count). The highest BCUT2D eigenvalue weighted by atomic mass is 35.5. The quantitative estimate of drug-likeness (QED) is 0.475. The zero-order valence-electron chi connectivity index (χ0n) is 15.3. The maximum absolute atomic E-state index is 12.1. The van der Waals surface area contributed by atoms with E-state index in [4.69, 9.17) is 23.8 Å². The van der Waals surface area contributed by atoms with Gasteiger partial charge in [0.1, 0.15) is 0 Å². The molecule has 0 spiro atoms. The van der Waals surface area contributed by atoms with Gasteiger partial charge in [-0.15, -0.1) is 0 Å². The minimum Gasteiger partial charge on any atom is -0.332 e. The zero-order valence-corrected chi connectivity index (χ0v) is 17.7.